The maximum Gasteiger partial charge on any atom is 0.255 e. The summed E-state index contributed by atoms with van der Waals surface area (Å²) in [5.41, 5.74) is 6.93. The molecule has 0 bridgehead atoms. The lowest BCUT2D eigenvalue weighted by Crippen LogP contribution is -2.39. The first-order valence-electron chi connectivity index (χ1n) is 9.26. The van der Waals surface area contributed by atoms with Crippen LogP contribution in [0.4, 0.5) is 0 Å². The summed E-state index contributed by atoms with van der Waals surface area (Å²) in [5, 5.41) is 1.11. The molecule has 28 heavy (non-hydrogen) atoms. The zero-order chi connectivity index (χ0) is 19.5. The van der Waals surface area contributed by atoms with E-state index in [0.717, 1.165) is 34.8 Å². The van der Waals surface area contributed by atoms with Crippen molar-refractivity contribution >= 4 is 45.1 Å². The number of amides is 2. The Morgan fingerprint density at radius 2 is 1.96 bits per heavy atom. The van der Waals surface area contributed by atoms with Gasteiger partial charge in [0.15, 0.2) is 0 Å². The molecule has 1 unspecified atom stereocenters. The van der Waals surface area contributed by atoms with Crippen LogP contribution in [0.25, 0.3) is 10.2 Å². The number of thioether (sulfide) groups is 1. The molecule has 5 nitrogen and oxygen atoms in total. The van der Waals surface area contributed by atoms with Gasteiger partial charge in [0.1, 0.15) is 0 Å². The van der Waals surface area contributed by atoms with Crippen molar-refractivity contribution in [2.45, 2.75) is 23.7 Å². The molecule has 1 aliphatic rings. The van der Waals surface area contributed by atoms with Crippen molar-refractivity contribution in [1.82, 2.24) is 9.88 Å². The molecule has 1 aliphatic heterocycles. The zero-order valence-corrected chi connectivity index (χ0v) is 17.0. The van der Waals surface area contributed by atoms with Crippen LogP contribution in [-0.4, -0.2) is 40.5 Å². The molecule has 1 fully saturated rings. The maximum absolute atomic E-state index is 13.2. The van der Waals surface area contributed by atoms with Crippen molar-refractivity contribution in [3.63, 3.8) is 0 Å². The SMILES string of the molecule is NC(=O)CSc1ccccc1C(=O)N1CCCC(c2nc3ccccc3s2)C1. The molecule has 2 aromatic carbocycles. The average molecular weight is 412 g/mol. The van der Waals surface area contributed by atoms with Gasteiger partial charge in [0.2, 0.25) is 5.91 Å². The molecule has 144 valence electrons. The maximum atomic E-state index is 13.2. The Morgan fingerprint density at radius 3 is 2.79 bits per heavy atom. The third-order valence-electron chi connectivity index (χ3n) is 4.86. The van der Waals surface area contributed by atoms with Crippen molar-refractivity contribution in [2.75, 3.05) is 18.8 Å². The van der Waals surface area contributed by atoms with Gasteiger partial charge in [-0.15, -0.1) is 23.1 Å². The number of aromatic nitrogens is 1. The number of fused-ring (bicyclic) bond motifs is 1. The third-order valence-corrected chi connectivity index (χ3v) is 7.15. The van der Waals surface area contributed by atoms with Gasteiger partial charge in [-0.05, 0) is 37.1 Å². The van der Waals surface area contributed by atoms with Gasteiger partial charge in [-0.25, -0.2) is 4.98 Å². The number of piperidine rings is 1. The molecule has 2 amide bonds. The Morgan fingerprint density at radius 1 is 1.18 bits per heavy atom. The molecular weight excluding hydrogens is 390 g/mol. The van der Waals surface area contributed by atoms with Gasteiger partial charge < -0.3 is 10.6 Å². The fraction of sp³-hybridized carbons (Fsp3) is 0.286. The number of thiazole rings is 1. The Labute approximate surface area is 171 Å². The molecule has 1 atom stereocenters. The summed E-state index contributed by atoms with van der Waals surface area (Å²) in [7, 11) is 0. The summed E-state index contributed by atoms with van der Waals surface area (Å²) in [6, 6.07) is 15.6. The first-order valence-corrected chi connectivity index (χ1v) is 11.1. The minimum atomic E-state index is -0.388. The van der Waals surface area contributed by atoms with Gasteiger partial charge >= 0.3 is 0 Å². The second kappa shape index (κ2) is 8.32. The van der Waals surface area contributed by atoms with Crippen LogP contribution in [0.5, 0.6) is 0 Å². The lowest BCUT2D eigenvalue weighted by molar-refractivity contribution is -0.115. The van der Waals surface area contributed by atoms with E-state index in [-0.39, 0.29) is 23.5 Å². The van der Waals surface area contributed by atoms with Crippen LogP contribution in [0, 0.1) is 0 Å². The van der Waals surface area contributed by atoms with E-state index in [2.05, 4.69) is 6.07 Å². The third kappa shape index (κ3) is 4.05. The van der Waals surface area contributed by atoms with Crippen molar-refractivity contribution < 1.29 is 9.59 Å². The van der Waals surface area contributed by atoms with E-state index in [4.69, 9.17) is 10.7 Å². The van der Waals surface area contributed by atoms with Crippen LogP contribution in [-0.2, 0) is 4.79 Å². The normalized spacial score (nSPS) is 17.0. The smallest absolute Gasteiger partial charge is 0.255 e. The van der Waals surface area contributed by atoms with Crippen LogP contribution in [0.2, 0.25) is 0 Å². The number of rotatable bonds is 5. The number of nitrogens with zero attached hydrogens (tertiary/aromatic N) is 2. The van der Waals surface area contributed by atoms with Crippen LogP contribution in [0.1, 0.15) is 34.1 Å². The Kier molecular flexibility index (Phi) is 5.64. The van der Waals surface area contributed by atoms with E-state index >= 15 is 0 Å². The summed E-state index contributed by atoms with van der Waals surface area (Å²) < 4.78 is 1.19. The second-order valence-corrected chi connectivity index (χ2v) is 8.94. The van der Waals surface area contributed by atoms with Crippen LogP contribution in [0.3, 0.4) is 0 Å². The van der Waals surface area contributed by atoms with Crippen molar-refractivity contribution in [2.24, 2.45) is 5.73 Å². The quantitative estimate of drug-likeness (QED) is 0.646. The van der Waals surface area contributed by atoms with Crippen molar-refractivity contribution in [3.8, 4) is 0 Å². The van der Waals surface area contributed by atoms with E-state index in [9.17, 15) is 9.59 Å². The van der Waals surface area contributed by atoms with E-state index in [0.29, 0.717) is 12.1 Å². The lowest BCUT2D eigenvalue weighted by Gasteiger charge is -2.32. The molecule has 2 N–H and O–H groups in total. The molecule has 4 rings (SSSR count). The fourth-order valence-electron chi connectivity index (χ4n) is 3.52. The number of benzene rings is 2. The first-order chi connectivity index (χ1) is 13.6. The number of carbonyl (C=O) groups excluding carboxylic acids is 2. The largest absolute Gasteiger partial charge is 0.369 e. The molecule has 0 aliphatic carbocycles. The second-order valence-electron chi connectivity index (χ2n) is 6.86. The minimum Gasteiger partial charge on any atom is -0.369 e. The van der Waals surface area contributed by atoms with E-state index < -0.39 is 0 Å². The highest BCUT2D eigenvalue weighted by Gasteiger charge is 2.28. The summed E-state index contributed by atoms with van der Waals surface area (Å²) in [6.07, 6.45) is 2.00. The molecule has 0 spiro atoms. The number of likely N-dealkylation sites (tertiary alicyclic amines) is 1. The first kappa shape index (κ1) is 19.0. The van der Waals surface area contributed by atoms with Gasteiger partial charge in [0.25, 0.3) is 5.91 Å². The van der Waals surface area contributed by atoms with Gasteiger partial charge in [0, 0.05) is 23.9 Å². The Bertz CT molecular complexity index is 985. The van der Waals surface area contributed by atoms with Gasteiger partial charge in [-0.3, -0.25) is 9.59 Å². The predicted octanol–water partition coefficient (Wildman–Crippen LogP) is 3.89. The number of para-hydroxylation sites is 1. The monoisotopic (exact) mass is 411 g/mol. The van der Waals surface area contributed by atoms with Gasteiger partial charge in [0.05, 0.1) is 26.5 Å². The average Bonchev–Trinajstić information content (AvgIpc) is 3.16. The van der Waals surface area contributed by atoms with Gasteiger partial charge in [-0.1, -0.05) is 24.3 Å². The zero-order valence-electron chi connectivity index (χ0n) is 15.3. The summed E-state index contributed by atoms with van der Waals surface area (Å²) >= 11 is 3.04. The molecule has 0 radical (unpaired) electrons. The fourth-order valence-corrected chi connectivity index (χ4v) is 5.39. The lowest BCUT2D eigenvalue weighted by atomic mass is 9.98. The van der Waals surface area contributed by atoms with E-state index in [1.165, 1.54) is 16.5 Å². The standard InChI is InChI=1S/C21H21N3O2S2/c22-19(25)13-27-17-9-3-1-7-15(17)21(26)24-11-5-6-14(12-24)20-23-16-8-2-4-10-18(16)28-20/h1-4,7-10,14H,5-6,11-13H2,(H2,22,25). The Balaban J connectivity index is 1.53. The van der Waals surface area contributed by atoms with Crippen LogP contribution < -0.4 is 5.73 Å². The molecular formula is C21H21N3O2S2. The highest BCUT2D eigenvalue weighted by Crippen LogP contribution is 2.34. The van der Waals surface area contributed by atoms with Crippen LogP contribution >= 0.6 is 23.1 Å². The van der Waals surface area contributed by atoms with Gasteiger partial charge in [-0.2, -0.15) is 0 Å². The topological polar surface area (TPSA) is 76.3 Å². The minimum absolute atomic E-state index is 0.0124. The number of carbonyl (C=O) groups is 2. The number of nitrogens with two attached hydrogens (primary N) is 1. The summed E-state index contributed by atoms with van der Waals surface area (Å²) in [6.45, 7) is 1.42. The van der Waals surface area contributed by atoms with E-state index in [1.807, 2.05) is 47.4 Å². The molecule has 1 saturated heterocycles. The molecule has 2 heterocycles. The van der Waals surface area contributed by atoms with Crippen molar-refractivity contribution in [3.05, 3.63) is 59.1 Å². The van der Waals surface area contributed by atoms with Crippen molar-refractivity contribution in [1.29, 1.82) is 0 Å². The summed E-state index contributed by atoms with van der Waals surface area (Å²) in [4.78, 5) is 31.8. The molecule has 1 aromatic heterocycles. The molecule has 0 saturated carbocycles. The predicted molar refractivity (Wildman–Crippen MR) is 114 cm³/mol. The molecule has 7 heteroatoms. The van der Waals surface area contributed by atoms with Crippen LogP contribution in [0.15, 0.2) is 53.4 Å². The molecule has 3 aromatic rings. The Hall–Kier alpha value is -2.38. The number of hydrogen-bond acceptors (Lipinski definition) is 5. The number of hydrogen-bond donors (Lipinski definition) is 1. The highest BCUT2D eigenvalue weighted by molar-refractivity contribution is 8.00. The van der Waals surface area contributed by atoms with E-state index in [1.54, 1.807) is 11.3 Å². The number of primary amides is 1. The summed E-state index contributed by atoms with van der Waals surface area (Å²) in [5.74, 6) is 0.0542. The highest BCUT2D eigenvalue weighted by atomic mass is 32.2.